The molecule has 1 aliphatic rings. The molecule has 0 radical (unpaired) electrons. The Bertz CT molecular complexity index is 447. The summed E-state index contributed by atoms with van der Waals surface area (Å²) < 4.78 is 0. The highest BCUT2D eigenvalue weighted by molar-refractivity contribution is 5.76. The number of anilines is 1. The maximum Gasteiger partial charge on any atom is 0.203 e. The Labute approximate surface area is 93.5 Å². The highest BCUT2D eigenvalue weighted by Gasteiger charge is 2.30. The van der Waals surface area contributed by atoms with Crippen LogP contribution in [0, 0.1) is 0 Å². The lowest BCUT2D eigenvalue weighted by molar-refractivity contribution is -0.125. The molecule has 0 aliphatic heterocycles. The summed E-state index contributed by atoms with van der Waals surface area (Å²) in [6.07, 6.45) is 4.66. The van der Waals surface area contributed by atoms with Gasteiger partial charge in [-0.05, 0) is 29.3 Å². The van der Waals surface area contributed by atoms with Crippen molar-refractivity contribution in [2.45, 2.75) is 11.8 Å². The van der Waals surface area contributed by atoms with Crippen molar-refractivity contribution in [2.75, 3.05) is 5.73 Å². The van der Waals surface area contributed by atoms with Crippen LogP contribution in [-0.2, 0) is 0 Å². The van der Waals surface area contributed by atoms with E-state index in [1.54, 1.807) is 24.3 Å². The maximum atomic E-state index is 9.61. The first-order valence-electron chi connectivity index (χ1n) is 4.96. The van der Waals surface area contributed by atoms with Crippen molar-refractivity contribution in [1.29, 1.82) is 0 Å². The van der Waals surface area contributed by atoms with Gasteiger partial charge >= 0.3 is 0 Å². The van der Waals surface area contributed by atoms with E-state index in [1.165, 1.54) is 6.08 Å². The molecule has 4 heteroatoms. The van der Waals surface area contributed by atoms with Gasteiger partial charge in [0.15, 0.2) is 0 Å². The van der Waals surface area contributed by atoms with Gasteiger partial charge in [-0.2, -0.15) is 0 Å². The minimum Gasteiger partial charge on any atom is -0.399 e. The SMILES string of the molecule is Nc1ccc(C2=CC(O)(O)C(N)C=C2)cc1. The van der Waals surface area contributed by atoms with E-state index in [0.717, 1.165) is 5.56 Å². The van der Waals surface area contributed by atoms with Gasteiger partial charge in [0.25, 0.3) is 0 Å². The Morgan fingerprint density at radius 1 is 1.12 bits per heavy atom. The quantitative estimate of drug-likeness (QED) is 0.401. The van der Waals surface area contributed by atoms with E-state index < -0.39 is 11.8 Å². The summed E-state index contributed by atoms with van der Waals surface area (Å²) in [4.78, 5) is 0. The van der Waals surface area contributed by atoms with Crippen LogP contribution >= 0.6 is 0 Å². The fraction of sp³-hybridized carbons (Fsp3) is 0.167. The molecule has 1 aromatic carbocycles. The van der Waals surface area contributed by atoms with E-state index in [9.17, 15) is 10.2 Å². The Morgan fingerprint density at radius 2 is 1.75 bits per heavy atom. The maximum absolute atomic E-state index is 9.61. The van der Waals surface area contributed by atoms with E-state index in [0.29, 0.717) is 11.3 Å². The molecule has 1 aliphatic carbocycles. The molecule has 0 saturated carbocycles. The lowest BCUT2D eigenvalue weighted by atomic mass is 9.93. The Hall–Kier alpha value is -1.62. The molecule has 0 bridgehead atoms. The Morgan fingerprint density at radius 3 is 2.31 bits per heavy atom. The third-order valence-corrected chi connectivity index (χ3v) is 2.59. The minimum atomic E-state index is -1.99. The lowest BCUT2D eigenvalue weighted by Gasteiger charge is -2.27. The van der Waals surface area contributed by atoms with Crippen LogP contribution in [0.5, 0.6) is 0 Å². The molecule has 1 atom stereocenters. The number of nitrogen functional groups attached to an aromatic ring is 1. The second kappa shape index (κ2) is 3.75. The molecule has 0 aromatic heterocycles. The van der Waals surface area contributed by atoms with Crippen molar-refractivity contribution in [2.24, 2.45) is 5.73 Å². The van der Waals surface area contributed by atoms with E-state index in [1.807, 2.05) is 12.1 Å². The summed E-state index contributed by atoms with van der Waals surface area (Å²) in [5.41, 5.74) is 13.3. The normalized spacial score (nSPS) is 22.9. The predicted molar refractivity (Wildman–Crippen MR) is 63.1 cm³/mol. The van der Waals surface area contributed by atoms with E-state index >= 15 is 0 Å². The van der Waals surface area contributed by atoms with Crippen LogP contribution in [0.3, 0.4) is 0 Å². The van der Waals surface area contributed by atoms with Crippen molar-refractivity contribution in [3.8, 4) is 0 Å². The number of nitrogens with two attached hydrogens (primary N) is 2. The van der Waals surface area contributed by atoms with Crippen molar-refractivity contribution in [1.82, 2.24) is 0 Å². The number of hydrogen-bond donors (Lipinski definition) is 4. The van der Waals surface area contributed by atoms with Crippen LogP contribution in [-0.4, -0.2) is 22.0 Å². The Kier molecular flexibility index (Phi) is 2.55. The monoisotopic (exact) mass is 218 g/mol. The molecule has 1 unspecified atom stereocenters. The molecule has 0 saturated heterocycles. The average Bonchev–Trinajstić information content (AvgIpc) is 2.23. The van der Waals surface area contributed by atoms with Crippen LogP contribution in [0.1, 0.15) is 5.56 Å². The molecule has 0 heterocycles. The topological polar surface area (TPSA) is 92.5 Å². The van der Waals surface area contributed by atoms with Gasteiger partial charge in [0, 0.05) is 5.69 Å². The molecule has 6 N–H and O–H groups in total. The van der Waals surface area contributed by atoms with Crippen molar-refractivity contribution < 1.29 is 10.2 Å². The summed E-state index contributed by atoms with van der Waals surface area (Å²) in [6.45, 7) is 0. The standard InChI is InChI=1S/C12H14N2O2/c13-10-4-1-8(2-5-10)9-3-6-11(14)12(15,16)7-9/h1-7,11,15-16H,13-14H2. The van der Waals surface area contributed by atoms with Crippen LogP contribution in [0.15, 0.2) is 42.5 Å². The van der Waals surface area contributed by atoms with Gasteiger partial charge in [-0.1, -0.05) is 24.3 Å². The van der Waals surface area contributed by atoms with Gasteiger partial charge < -0.3 is 21.7 Å². The number of hydrogen-bond acceptors (Lipinski definition) is 4. The molecule has 0 amide bonds. The van der Waals surface area contributed by atoms with Crippen molar-refractivity contribution in [3.63, 3.8) is 0 Å². The first kappa shape index (κ1) is 10.9. The lowest BCUT2D eigenvalue weighted by Crippen LogP contribution is -2.46. The zero-order valence-electron chi connectivity index (χ0n) is 8.67. The summed E-state index contributed by atoms with van der Waals surface area (Å²) in [5, 5.41) is 19.2. The molecule has 4 nitrogen and oxygen atoms in total. The molecular weight excluding hydrogens is 204 g/mol. The summed E-state index contributed by atoms with van der Waals surface area (Å²) in [5.74, 6) is -1.99. The summed E-state index contributed by atoms with van der Waals surface area (Å²) in [7, 11) is 0. The highest BCUT2D eigenvalue weighted by Crippen LogP contribution is 2.25. The first-order chi connectivity index (χ1) is 7.49. The zero-order valence-corrected chi connectivity index (χ0v) is 8.67. The summed E-state index contributed by atoms with van der Waals surface area (Å²) in [6, 6.07) is 6.35. The van der Waals surface area contributed by atoms with Gasteiger partial charge in [0.2, 0.25) is 5.79 Å². The van der Waals surface area contributed by atoms with Gasteiger partial charge in [-0.3, -0.25) is 0 Å². The molecule has 0 fully saturated rings. The second-order valence-corrected chi connectivity index (χ2v) is 3.89. The largest absolute Gasteiger partial charge is 0.399 e. The number of aliphatic hydroxyl groups is 2. The number of benzene rings is 1. The highest BCUT2D eigenvalue weighted by atomic mass is 16.5. The molecule has 84 valence electrons. The molecule has 16 heavy (non-hydrogen) atoms. The second-order valence-electron chi connectivity index (χ2n) is 3.89. The van der Waals surface area contributed by atoms with Gasteiger partial charge in [-0.25, -0.2) is 0 Å². The van der Waals surface area contributed by atoms with E-state index in [-0.39, 0.29) is 0 Å². The fourth-order valence-electron chi connectivity index (χ4n) is 1.58. The third-order valence-electron chi connectivity index (χ3n) is 2.59. The van der Waals surface area contributed by atoms with E-state index in [2.05, 4.69) is 0 Å². The van der Waals surface area contributed by atoms with Gasteiger partial charge in [0.05, 0.1) is 6.04 Å². The van der Waals surface area contributed by atoms with Crippen LogP contribution in [0.2, 0.25) is 0 Å². The first-order valence-corrected chi connectivity index (χ1v) is 4.96. The molecular formula is C12H14N2O2. The summed E-state index contributed by atoms with van der Waals surface area (Å²) >= 11 is 0. The number of allylic oxidation sites excluding steroid dienone is 2. The molecule has 2 rings (SSSR count). The fourth-order valence-corrected chi connectivity index (χ4v) is 1.58. The van der Waals surface area contributed by atoms with Crippen molar-refractivity contribution >= 4 is 11.3 Å². The van der Waals surface area contributed by atoms with E-state index in [4.69, 9.17) is 11.5 Å². The average molecular weight is 218 g/mol. The van der Waals surface area contributed by atoms with Gasteiger partial charge in [-0.15, -0.1) is 0 Å². The minimum absolute atomic E-state index is 0.667. The third kappa shape index (κ3) is 1.99. The smallest absolute Gasteiger partial charge is 0.203 e. The van der Waals surface area contributed by atoms with Crippen LogP contribution in [0.4, 0.5) is 5.69 Å². The molecule has 0 spiro atoms. The zero-order chi connectivity index (χ0) is 11.8. The number of rotatable bonds is 1. The van der Waals surface area contributed by atoms with Crippen LogP contribution in [0.25, 0.3) is 5.57 Å². The van der Waals surface area contributed by atoms with Crippen molar-refractivity contribution in [3.05, 3.63) is 48.1 Å². The van der Waals surface area contributed by atoms with Crippen LogP contribution < -0.4 is 11.5 Å². The molecule has 1 aromatic rings. The predicted octanol–water partition coefficient (Wildman–Crippen LogP) is 0.230. The van der Waals surface area contributed by atoms with Gasteiger partial charge in [0.1, 0.15) is 0 Å². The Balaban J connectivity index is 2.36.